The molecule has 0 fully saturated rings. The third-order valence-electron chi connectivity index (χ3n) is 3.30. The van der Waals surface area contributed by atoms with E-state index >= 15 is 0 Å². The van der Waals surface area contributed by atoms with Gasteiger partial charge in [0, 0.05) is 12.7 Å². The molecular formula is C18H20ClN3O3. The summed E-state index contributed by atoms with van der Waals surface area (Å²) < 4.78 is 7.00. The van der Waals surface area contributed by atoms with Gasteiger partial charge in [-0.2, -0.15) is 5.10 Å². The van der Waals surface area contributed by atoms with Crippen LogP contribution < -0.4 is 15.7 Å². The van der Waals surface area contributed by atoms with Crippen molar-refractivity contribution in [3.63, 3.8) is 0 Å². The van der Waals surface area contributed by atoms with Crippen LogP contribution in [0.4, 0.5) is 0 Å². The summed E-state index contributed by atoms with van der Waals surface area (Å²) in [5.41, 5.74) is 2.73. The first-order valence-corrected chi connectivity index (χ1v) is 8.29. The number of nitrogens with one attached hydrogen (secondary N) is 1. The molecule has 7 heteroatoms. The highest BCUT2D eigenvalue weighted by molar-refractivity contribution is 6.32. The van der Waals surface area contributed by atoms with Crippen LogP contribution in [-0.4, -0.2) is 22.8 Å². The summed E-state index contributed by atoms with van der Waals surface area (Å²) in [5.74, 6) is 0.0252. The highest BCUT2D eigenvalue weighted by atomic mass is 35.5. The Morgan fingerprint density at radius 3 is 2.80 bits per heavy atom. The SMILES string of the molecule is CCn1cccc(C(=O)N/N=C\c2ccc(OC(C)C)c(Cl)c2)c1=O. The van der Waals surface area contributed by atoms with Crippen molar-refractivity contribution in [3.05, 3.63) is 63.0 Å². The van der Waals surface area contributed by atoms with Gasteiger partial charge in [-0.15, -0.1) is 0 Å². The molecule has 1 amide bonds. The Morgan fingerprint density at radius 1 is 1.40 bits per heavy atom. The third-order valence-corrected chi connectivity index (χ3v) is 3.60. The summed E-state index contributed by atoms with van der Waals surface area (Å²) in [6.45, 7) is 6.15. The second-order valence-corrected chi connectivity index (χ2v) is 5.98. The molecule has 0 aliphatic rings. The molecule has 0 bridgehead atoms. The summed E-state index contributed by atoms with van der Waals surface area (Å²) in [7, 11) is 0. The van der Waals surface area contributed by atoms with E-state index < -0.39 is 5.91 Å². The first-order chi connectivity index (χ1) is 11.9. The van der Waals surface area contributed by atoms with Crippen LogP contribution in [-0.2, 0) is 6.54 Å². The first-order valence-electron chi connectivity index (χ1n) is 7.91. The molecule has 2 rings (SSSR count). The predicted molar refractivity (Wildman–Crippen MR) is 98.7 cm³/mol. The number of hydrogen-bond acceptors (Lipinski definition) is 4. The molecule has 0 atom stereocenters. The molecule has 6 nitrogen and oxygen atoms in total. The van der Waals surface area contributed by atoms with E-state index in [1.54, 1.807) is 30.5 Å². The molecule has 0 aliphatic carbocycles. The van der Waals surface area contributed by atoms with Gasteiger partial charge in [0.1, 0.15) is 11.3 Å². The molecule has 132 valence electrons. The maximum Gasteiger partial charge on any atom is 0.276 e. The van der Waals surface area contributed by atoms with Gasteiger partial charge in [0.05, 0.1) is 17.3 Å². The summed E-state index contributed by atoms with van der Waals surface area (Å²) in [5, 5.41) is 4.33. The smallest absolute Gasteiger partial charge is 0.276 e. The fraction of sp³-hybridized carbons (Fsp3) is 0.278. The Bertz CT molecular complexity index is 844. The van der Waals surface area contributed by atoms with Gasteiger partial charge in [-0.25, -0.2) is 5.43 Å². The van der Waals surface area contributed by atoms with E-state index in [2.05, 4.69) is 10.5 Å². The number of benzene rings is 1. The van der Waals surface area contributed by atoms with E-state index in [4.69, 9.17) is 16.3 Å². The fourth-order valence-electron chi connectivity index (χ4n) is 2.13. The molecule has 0 saturated carbocycles. The Morgan fingerprint density at radius 2 is 2.16 bits per heavy atom. The van der Waals surface area contributed by atoms with Crippen molar-refractivity contribution >= 4 is 23.7 Å². The maximum atomic E-state index is 12.1. The minimum Gasteiger partial charge on any atom is -0.489 e. The molecule has 2 aromatic rings. The quantitative estimate of drug-likeness (QED) is 0.634. The Labute approximate surface area is 151 Å². The molecule has 0 radical (unpaired) electrons. The number of amides is 1. The number of aromatic nitrogens is 1. The number of rotatable bonds is 6. The largest absolute Gasteiger partial charge is 0.489 e. The lowest BCUT2D eigenvalue weighted by atomic mass is 10.2. The zero-order valence-electron chi connectivity index (χ0n) is 14.3. The molecule has 1 heterocycles. The normalized spacial score (nSPS) is 11.1. The number of aryl methyl sites for hydroxylation is 1. The van der Waals surface area contributed by atoms with Crippen LogP contribution in [0, 0.1) is 0 Å². The lowest BCUT2D eigenvalue weighted by molar-refractivity contribution is 0.0953. The van der Waals surface area contributed by atoms with Crippen molar-refractivity contribution in [2.75, 3.05) is 0 Å². The van der Waals surface area contributed by atoms with Crippen LogP contribution in [0.2, 0.25) is 5.02 Å². The molecular weight excluding hydrogens is 342 g/mol. The van der Waals surface area contributed by atoms with Crippen LogP contribution in [0.25, 0.3) is 0 Å². The van der Waals surface area contributed by atoms with Crippen LogP contribution in [0.15, 0.2) is 46.4 Å². The van der Waals surface area contributed by atoms with E-state index in [9.17, 15) is 9.59 Å². The lowest BCUT2D eigenvalue weighted by Gasteiger charge is -2.11. The van der Waals surface area contributed by atoms with Gasteiger partial charge < -0.3 is 9.30 Å². The predicted octanol–water partition coefficient (Wildman–Crippen LogP) is 3.07. The Kier molecular flexibility index (Phi) is 6.36. The molecule has 0 saturated heterocycles. The average Bonchev–Trinajstić information content (AvgIpc) is 2.57. The second kappa shape index (κ2) is 8.48. The standard InChI is InChI=1S/C18H20ClN3O3/c1-4-22-9-5-6-14(18(22)24)17(23)21-20-11-13-7-8-16(15(19)10-13)25-12(2)3/h5-12H,4H2,1-3H3,(H,21,23)/b20-11-. The summed E-state index contributed by atoms with van der Waals surface area (Å²) in [4.78, 5) is 24.1. The maximum absolute atomic E-state index is 12.1. The van der Waals surface area contributed by atoms with Crippen molar-refractivity contribution < 1.29 is 9.53 Å². The van der Waals surface area contributed by atoms with Crippen LogP contribution >= 0.6 is 11.6 Å². The van der Waals surface area contributed by atoms with Gasteiger partial charge in [-0.1, -0.05) is 11.6 Å². The summed E-state index contributed by atoms with van der Waals surface area (Å²) in [6, 6.07) is 8.31. The minimum atomic E-state index is -0.560. The number of carbonyl (C=O) groups is 1. The number of nitrogens with zero attached hydrogens (tertiary/aromatic N) is 2. The van der Waals surface area contributed by atoms with Crippen molar-refractivity contribution in [2.24, 2.45) is 5.10 Å². The monoisotopic (exact) mass is 361 g/mol. The number of halogens is 1. The van der Waals surface area contributed by atoms with E-state index in [0.29, 0.717) is 22.9 Å². The van der Waals surface area contributed by atoms with Crippen LogP contribution in [0.5, 0.6) is 5.75 Å². The molecule has 0 unspecified atom stereocenters. The Balaban J connectivity index is 2.07. The molecule has 1 N–H and O–H groups in total. The minimum absolute atomic E-state index is 0.0225. The molecule has 0 spiro atoms. The zero-order chi connectivity index (χ0) is 18.4. The zero-order valence-corrected chi connectivity index (χ0v) is 15.1. The van der Waals surface area contributed by atoms with Crippen molar-refractivity contribution in [3.8, 4) is 5.75 Å². The number of carbonyl (C=O) groups excluding carboxylic acids is 1. The molecule has 25 heavy (non-hydrogen) atoms. The Hall–Kier alpha value is -2.60. The fourth-order valence-corrected chi connectivity index (χ4v) is 2.36. The van der Waals surface area contributed by atoms with E-state index in [1.165, 1.54) is 16.8 Å². The highest BCUT2D eigenvalue weighted by Gasteiger charge is 2.10. The topological polar surface area (TPSA) is 72.7 Å². The summed E-state index contributed by atoms with van der Waals surface area (Å²) in [6.07, 6.45) is 3.10. The third kappa shape index (κ3) is 4.93. The van der Waals surface area contributed by atoms with Gasteiger partial charge in [-0.3, -0.25) is 9.59 Å². The molecule has 0 aliphatic heterocycles. The average molecular weight is 362 g/mol. The molecule has 1 aromatic heterocycles. The first kappa shape index (κ1) is 18.7. The van der Waals surface area contributed by atoms with Crippen LogP contribution in [0.1, 0.15) is 36.7 Å². The van der Waals surface area contributed by atoms with E-state index in [-0.39, 0.29) is 17.2 Å². The van der Waals surface area contributed by atoms with Gasteiger partial charge in [-0.05, 0) is 56.7 Å². The van der Waals surface area contributed by atoms with Gasteiger partial charge >= 0.3 is 0 Å². The number of hydrogen-bond donors (Lipinski definition) is 1. The second-order valence-electron chi connectivity index (χ2n) is 5.57. The number of ether oxygens (including phenoxy) is 1. The van der Waals surface area contributed by atoms with Crippen LogP contribution in [0.3, 0.4) is 0 Å². The van der Waals surface area contributed by atoms with Crippen molar-refractivity contribution in [1.29, 1.82) is 0 Å². The molecule has 1 aromatic carbocycles. The van der Waals surface area contributed by atoms with Crippen molar-refractivity contribution in [1.82, 2.24) is 9.99 Å². The van der Waals surface area contributed by atoms with E-state index in [1.807, 2.05) is 20.8 Å². The number of hydrazone groups is 1. The highest BCUT2D eigenvalue weighted by Crippen LogP contribution is 2.25. The van der Waals surface area contributed by atoms with E-state index in [0.717, 1.165) is 0 Å². The van der Waals surface area contributed by atoms with Gasteiger partial charge in [0.15, 0.2) is 0 Å². The summed E-state index contributed by atoms with van der Waals surface area (Å²) >= 11 is 6.15. The van der Waals surface area contributed by atoms with Crippen molar-refractivity contribution in [2.45, 2.75) is 33.4 Å². The van der Waals surface area contributed by atoms with Gasteiger partial charge in [0.2, 0.25) is 0 Å². The lowest BCUT2D eigenvalue weighted by Crippen LogP contribution is -2.30. The number of pyridine rings is 1. The van der Waals surface area contributed by atoms with Gasteiger partial charge in [0.25, 0.3) is 11.5 Å².